The Morgan fingerprint density at radius 3 is 2.28 bits per heavy atom. The van der Waals surface area contributed by atoms with E-state index in [1.807, 2.05) is 42.5 Å². The van der Waals surface area contributed by atoms with Crippen molar-refractivity contribution in [1.29, 1.82) is 0 Å². The highest BCUT2D eigenvalue weighted by Crippen LogP contribution is 2.28. The van der Waals surface area contributed by atoms with Gasteiger partial charge in [0.25, 0.3) is 0 Å². The van der Waals surface area contributed by atoms with Crippen molar-refractivity contribution in [2.75, 3.05) is 14.2 Å². The third-order valence-corrected chi connectivity index (χ3v) is 4.15. The lowest BCUT2D eigenvalue weighted by atomic mass is 10.2. The summed E-state index contributed by atoms with van der Waals surface area (Å²) >= 11 is 0. The number of methoxy groups -OCH3 is 2. The summed E-state index contributed by atoms with van der Waals surface area (Å²) in [6.07, 6.45) is 1.56. The SMILES string of the molecule is COc1ccc(CO/N=C\c2ccc(OCc3ccccc3)c(OC)c2)cc1F. The molecule has 29 heavy (non-hydrogen) atoms. The first-order valence-electron chi connectivity index (χ1n) is 9.02. The van der Waals surface area contributed by atoms with Crippen LogP contribution >= 0.6 is 0 Å². The molecule has 0 saturated carbocycles. The van der Waals surface area contributed by atoms with Gasteiger partial charge in [-0.2, -0.15) is 0 Å². The fourth-order valence-electron chi connectivity index (χ4n) is 2.63. The van der Waals surface area contributed by atoms with Gasteiger partial charge in [0.2, 0.25) is 0 Å². The van der Waals surface area contributed by atoms with E-state index in [1.165, 1.54) is 13.2 Å². The lowest BCUT2D eigenvalue weighted by molar-refractivity contribution is 0.132. The normalized spacial score (nSPS) is 10.7. The highest BCUT2D eigenvalue weighted by Gasteiger charge is 2.06. The van der Waals surface area contributed by atoms with Crippen LogP contribution < -0.4 is 14.2 Å². The lowest BCUT2D eigenvalue weighted by Gasteiger charge is -2.11. The van der Waals surface area contributed by atoms with E-state index in [-0.39, 0.29) is 12.4 Å². The topological polar surface area (TPSA) is 49.3 Å². The second kappa shape index (κ2) is 10.1. The molecule has 0 amide bonds. The van der Waals surface area contributed by atoms with Crippen LogP contribution in [0.3, 0.4) is 0 Å². The number of ether oxygens (including phenoxy) is 3. The quantitative estimate of drug-likeness (QED) is 0.379. The molecule has 0 fully saturated rings. The van der Waals surface area contributed by atoms with Gasteiger partial charge in [-0.05, 0) is 41.5 Å². The van der Waals surface area contributed by atoms with Gasteiger partial charge in [0.1, 0.15) is 13.2 Å². The monoisotopic (exact) mass is 395 g/mol. The van der Waals surface area contributed by atoms with Crippen LogP contribution in [0.1, 0.15) is 16.7 Å². The molecule has 0 unspecified atom stereocenters. The molecular formula is C23H22FNO4. The summed E-state index contributed by atoms with van der Waals surface area (Å²) < 4.78 is 29.8. The summed E-state index contributed by atoms with van der Waals surface area (Å²) in [5.41, 5.74) is 2.51. The maximum absolute atomic E-state index is 13.7. The standard InChI is InChI=1S/C23H22FNO4/c1-26-21-10-9-19(12-20(21)24)16-29-25-14-18-8-11-22(23(13-18)27-2)28-15-17-6-4-3-5-7-17/h3-14H,15-16H2,1-2H3/b25-14-. The van der Waals surface area contributed by atoms with Gasteiger partial charge in [-0.15, -0.1) is 0 Å². The second-order valence-electron chi connectivity index (χ2n) is 6.16. The molecule has 3 aromatic carbocycles. The number of halogens is 1. The molecule has 5 nitrogen and oxygen atoms in total. The highest BCUT2D eigenvalue weighted by atomic mass is 19.1. The van der Waals surface area contributed by atoms with Crippen LogP contribution in [-0.4, -0.2) is 20.4 Å². The molecule has 150 valence electrons. The molecule has 0 aromatic heterocycles. The molecule has 0 atom stereocenters. The molecule has 0 N–H and O–H groups in total. The van der Waals surface area contributed by atoms with Gasteiger partial charge in [-0.25, -0.2) is 4.39 Å². The van der Waals surface area contributed by atoms with Crippen molar-refractivity contribution in [2.45, 2.75) is 13.2 Å². The number of hydrogen-bond acceptors (Lipinski definition) is 5. The summed E-state index contributed by atoms with van der Waals surface area (Å²) in [5.74, 6) is 0.998. The zero-order valence-electron chi connectivity index (χ0n) is 16.3. The van der Waals surface area contributed by atoms with Crippen LogP contribution in [-0.2, 0) is 18.1 Å². The van der Waals surface area contributed by atoms with Crippen LogP contribution in [0.25, 0.3) is 0 Å². The summed E-state index contributed by atoms with van der Waals surface area (Å²) in [7, 11) is 3.01. The Hall–Kier alpha value is -3.54. The Morgan fingerprint density at radius 2 is 1.55 bits per heavy atom. The van der Waals surface area contributed by atoms with Gasteiger partial charge in [-0.3, -0.25) is 0 Å². The number of hydrogen-bond donors (Lipinski definition) is 0. The Morgan fingerprint density at radius 1 is 0.793 bits per heavy atom. The summed E-state index contributed by atoms with van der Waals surface area (Å²) in [6.45, 7) is 0.596. The minimum absolute atomic E-state index is 0.146. The lowest BCUT2D eigenvalue weighted by Crippen LogP contribution is -1.98. The smallest absolute Gasteiger partial charge is 0.165 e. The number of nitrogens with zero attached hydrogens (tertiary/aromatic N) is 1. The molecule has 0 radical (unpaired) electrons. The number of oxime groups is 1. The maximum atomic E-state index is 13.7. The van der Waals surface area contributed by atoms with Crippen LogP contribution in [0.4, 0.5) is 4.39 Å². The Balaban J connectivity index is 1.57. The Kier molecular flexibility index (Phi) is 7.05. The third-order valence-electron chi connectivity index (χ3n) is 4.15. The molecule has 0 heterocycles. The average Bonchev–Trinajstić information content (AvgIpc) is 2.76. The van der Waals surface area contributed by atoms with Crippen molar-refractivity contribution < 1.29 is 23.4 Å². The van der Waals surface area contributed by atoms with E-state index in [2.05, 4.69) is 5.16 Å². The van der Waals surface area contributed by atoms with E-state index in [4.69, 9.17) is 19.0 Å². The zero-order valence-corrected chi connectivity index (χ0v) is 16.3. The first kappa shape index (κ1) is 20.2. The molecule has 0 aliphatic rings. The molecule has 0 bridgehead atoms. The minimum Gasteiger partial charge on any atom is -0.494 e. The van der Waals surface area contributed by atoms with Gasteiger partial charge in [0, 0.05) is 5.56 Å². The van der Waals surface area contributed by atoms with E-state index < -0.39 is 5.82 Å². The summed E-state index contributed by atoms with van der Waals surface area (Å²) in [4.78, 5) is 5.25. The first-order valence-corrected chi connectivity index (χ1v) is 9.02. The largest absolute Gasteiger partial charge is 0.494 e. The van der Waals surface area contributed by atoms with E-state index in [0.717, 1.165) is 11.1 Å². The zero-order chi connectivity index (χ0) is 20.5. The molecule has 0 spiro atoms. The first-order chi connectivity index (χ1) is 14.2. The van der Waals surface area contributed by atoms with Crippen LogP contribution in [0.5, 0.6) is 17.2 Å². The number of benzene rings is 3. The fourth-order valence-corrected chi connectivity index (χ4v) is 2.63. The second-order valence-corrected chi connectivity index (χ2v) is 6.16. The summed E-state index contributed by atoms with van der Waals surface area (Å²) in [6, 6.07) is 20.0. The van der Waals surface area contributed by atoms with E-state index in [0.29, 0.717) is 23.7 Å². The predicted molar refractivity (Wildman–Crippen MR) is 109 cm³/mol. The van der Waals surface area contributed by atoms with Crippen molar-refractivity contribution in [3.8, 4) is 17.2 Å². The Labute approximate surface area is 169 Å². The van der Waals surface area contributed by atoms with Gasteiger partial charge < -0.3 is 19.0 Å². The molecule has 0 aliphatic carbocycles. The number of rotatable bonds is 9. The van der Waals surface area contributed by atoms with Crippen LogP contribution in [0, 0.1) is 5.82 Å². The molecule has 3 rings (SSSR count). The Bertz CT molecular complexity index is 960. The molecule has 6 heteroatoms. The van der Waals surface area contributed by atoms with Crippen molar-refractivity contribution in [3.05, 3.63) is 89.2 Å². The van der Waals surface area contributed by atoms with Gasteiger partial charge in [0.05, 0.1) is 20.4 Å². The maximum Gasteiger partial charge on any atom is 0.165 e. The third kappa shape index (κ3) is 5.72. The van der Waals surface area contributed by atoms with Gasteiger partial charge in [-0.1, -0.05) is 41.6 Å². The fraction of sp³-hybridized carbons (Fsp3) is 0.174. The summed E-state index contributed by atoms with van der Waals surface area (Å²) in [5, 5.41) is 3.93. The minimum atomic E-state index is -0.437. The van der Waals surface area contributed by atoms with Gasteiger partial charge in [0.15, 0.2) is 23.1 Å². The van der Waals surface area contributed by atoms with Crippen molar-refractivity contribution >= 4 is 6.21 Å². The van der Waals surface area contributed by atoms with Gasteiger partial charge >= 0.3 is 0 Å². The van der Waals surface area contributed by atoms with Crippen molar-refractivity contribution in [2.24, 2.45) is 5.16 Å². The van der Waals surface area contributed by atoms with Crippen molar-refractivity contribution in [1.82, 2.24) is 0 Å². The highest BCUT2D eigenvalue weighted by molar-refractivity contribution is 5.80. The predicted octanol–water partition coefficient (Wildman–Crippen LogP) is 4.97. The van der Waals surface area contributed by atoms with E-state index in [1.54, 1.807) is 31.5 Å². The molecule has 3 aromatic rings. The molecule has 0 aliphatic heterocycles. The average molecular weight is 395 g/mol. The van der Waals surface area contributed by atoms with Crippen LogP contribution in [0.15, 0.2) is 71.9 Å². The van der Waals surface area contributed by atoms with Crippen LogP contribution in [0.2, 0.25) is 0 Å². The molecule has 0 saturated heterocycles. The molecular weight excluding hydrogens is 373 g/mol. The van der Waals surface area contributed by atoms with Crippen molar-refractivity contribution in [3.63, 3.8) is 0 Å². The van der Waals surface area contributed by atoms with E-state index >= 15 is 0 Å². The van der Waals surface area contributed by atoms with E-state index in [9.17, 15) is 4.39 Å².